The fraction of sp³-hybridized carbons (Fsp3) is 0.179. The standard InChI is InChI=1S/C28H24FNO5/c1-4-35-28(34)20-9-6-10-21(15-20)30-24(18-8-5-7-16(2)13-18)23(26(32)27(30)33)25(31)19-11-12-22(29)17(3)14-19/h5-15,24,31H,4H2,1-3H3/b25-23+. The average molecular weight is 474 g/mol. The van der Waals surface area contributed by atoms with E-state index in [9.17, 15) is 23.9 Å². The second-order valence-corrected chi connectivity index (χ2v) is 8.32. The molecule has 4 rings (SSSR count). The molecule has 1 amide bonds. The molecular weight excluding hydrogens is 449 g/mol. The number of aliphatic hydroxyl groups is 1. The Morgan fingerprint density at radius 1 is 1.00 bits per heavy atom. The average Bonchev–Trinajstić information content (AvgIpc) is 3.11. The molecular formula is C28H24FNO5. The molecule has 0 saturated carbocycles. The first kappa shape index (κ1) is 23.9. The van der Waals surface area contributed by atoms with Crippen LogP contribution in [0.5, 0.6) is 0 Å². The molecule has 0 radical (unpaired) electrons. The van der Waals surface area contributed by atoms with Crippen molar-refractivity contribution in [1.29, 1.82) is 0 Å². The number of aliphatic hydroxyl groups excluding tert-OH is 1. The van der Waals surface area contributed by atoms with Gasteiger partial charge in [0.1, 0.15) is 11.6 Å². The molecule has 6 nitrogen and oxygen atoms in total. The van der Waals surface area contributed by atoms with Crippen molar-refractivity contribution in [3.8, 4) is 0 Å². The lowest BCUT2D eigenvalue weighted by Gasteiger charge is -2.26. The molecule has 0 spiro atoms. The number of carbonyl (C=O) groups excluding carboxylic acids is 3. The van der Waals surface area contributed by atoms with Crippen molar-refractivity contribution >= 4 is 29.1 Å². The van der Waals surface area contributed by atoms with Gasteiger partial charge in [-0.2, -0.15) is 0 Å². The molecule has 1 N–H and O–H groups in total. The van der Waals surface area contributed by atoms with Gasteiger partial charge in [-0.25, -0.2) is 9.18 Å². The SMILES string of the molecule is CCOC(=O)c1cccc(N2C(=O)C(=O)/C(=C(/O)c3ccc(F)c(C)c3)C2c2cccc(C)c2)c1. The van der Waals surface area contributed by atoms with Crippen LogP contribution < -0.4 is 4.90 Å². The molecule has 0 aromatic heterocycles. The van der Waals surface area contributed by atoms with Crippen LogP contribution in [-0.2, 0) is 14.3 Å². The Hall–Kier alpha value is -4.26. The van der Waals surface area contributed by atoms with Gasteiger partial charge in [-0.15, -0.1) is 0 Å². The number of anilines is 1. The van der Waals surface area contributed by atoms with E-state index in [-0.39, 0.29) is 28.9 Å². The predicted molar refractivity (Wildman–Crippen MR) is 129 cm³/mol. The number of nitrogens with zero attached hydrogens (tertiary/aromatic N) is 1. The number of benzene rings is 3. The largest absolute Gasteiger partial charge is 0.507 e. The lowest BCUT2D eigenvalue weighted by Crippen LogP contribution is -2.29. The molecule has 1 unspecified atom stereocenters. The van der Waals surface area contributed by atoms with Gasteiger partial charge in [-0.3, -0.25) is 14.5 Å². The first-order valence-corrected chi connectivity index (χ1v) is 11.1. The van der Waals surface area contributed by atoms with E-state index in [4.69, 9.17) is 4.74 Å². The number of carbonyl (C=O) groups is 3. The molecule has 1 aliphatic heterocycles. The van der Waals surface area contributed by atoms with Gasteiger partial charge in [0.15, 0.2) is 0 Å². The summed E-state index contributed by atoms with van der Waals surface area (Å²) in [5, 5.41) is 11.2. The second-order valence-electron chi connectivity index (χ2n) is 8.32. The normalized spacial score (nSPS) is 17.0. The Labute approximate surface area is 202 Å². The van der Waals surface area contributed by atoms with Crippen LogP contribution in [0.4, 0.5) is 10.1 Å². The number of halogens is 1. The number of rotatable bonds is 5. The van der Waals surface area contributed by atoms with Crippen LogP contribution in [0.25, 0.3) is 5.76 Å². The first-order chi connectivity index (χ1) is 16.7. The van der Waals surface area contributed by atoms with E-state index in [0.717, 1.165) is 5.56 Å². The quantitative estimate of drug-likeness (QED) is 0.237. The third kappa shape index (κ3) is 4.45. The summed E-state index contributed by atoms with van der Waals surface area (Å²) in [6.07, 6.45) is 0. The molecule has 1 atom stereocenters. The summed E-state index contributed by atoms with van der Waals surface area (Å²) >= 11 is 0. The summed E-state index contributed by atoms with van der Waals surface area (Å²) in [5.74, 6) is -3.13. The van der Waals surface area contributed by atoms with Crippen LogP contribution in [0, 0.1) is 19.7 Å². The van der Waals surface area contributed by atoms with E-state index >= 15 is 0 Å². The minimum Gasteiger partial charge on any atom is -0.507 e. The summed E-state index contributed by atoms with van der Waals surface area (Å²) in [4.78, 5) is 40.1. The third-order valence-electron chi connectivity index (χ3n) is 5.87. The second kappa shape index (κ2) is 9.54. The van der Waals surface area contributed by atoms with Crippen LogP contribution >= 0.6 is 0 Å². The number of amides is 1. The fourth-order valence-corrected chi connectivity index (χ4v) is 4.20. The highest BCUT2D eigenvalue weighted by Crippen LogP contribution is 2.42. The van der Waals surface area contributed by atoms with Gasteiger partial charge < -0.3 is 9.84 Å². The Morgan fingerprint density at radius 3 is 2.43 bits per heavy atom. The van der Waals surface area contributed by atoms with Crippen molar-refractivity contribution in [3.05, 3.63) is 106 Å². The molecule has 0 bridgehead atoms. The monoisotopic (exact) mass is 473 g/mol. The highest BCUT2D eigenvalue weighted by molar-refractivity contribution is 6.51. The van der Waals surface area contributed by atoms with E-state index in [1.54, 1.807) is 44.2 Å². The Kier molecular flexibility index (Phi) is 6.51. The predicted octanol–water partition coefficient (Wildman–Crippen LogP) is 5.25. The molecule has 35 heavy (non-hydrogen) atoms. The van der Waals surface area contributed by atoms with Crippen molar-refractivity contribution in [2.24, 2.45) is 0 Å². The van der Waals surface area contributed by atoms with Crippen molar-refractivity contribution in [2.75, 3.05) is 11.5 Å². The minimum atomic E-state index is -0.960. The van der Waals surface area contributed by atoms with Gasteiger partial charge in [0.25, 0.3) is 11.7 Å². The summed E-state index contributed by atoms with van der Waals surface area (Å²) in [5.41, 5.74) is 2.42. The van der Waals surface area contributed by atoms with Crippen LogP contribution in [0.15, 0.2) is 72.3 Å². The zero-order chi connectivity index (χ0) is 25.3. The Bertz CT molecular complexity index is 1380. The number of hydrogen-bond donors (Lipinski definition) is 1. The van der Waals surface area contributed by atoms with Crippen LogP contribution in [0.2, 0.25) is 0 Å². The highest BCUT2D eigenvalue weighted by atomic mass is 19.1. The number of hydrogen-bond acceptors (Lipinski definition) is 5. The molecule has 0 aliphatic carbocycles. The number of ether oxygens (including phenoxy) is 1. The fourth-order valence-electron chi connectivity index (χ4n) is 4.20. The molecule has 178 valence electrons. The zero-order valence-corrected chi connectivity index (χ0v) is 19.5. The minimum absolute atomic E-state index is 0.117. The smallest absolute Gasteiger partial charge is 0.338 e. The van der Waals surface area contributed by atoms with Crippen LogP contribution in [0.1, 0.15) is 45.6 Å². The molecule has 3 aromatic carbocycles. The molecule has 3 aromatic rings. The first-order valence-electron chi connectivity index (χ1n) is 11.1. The maximum Gasteiger partial charge on any atom is 0.338 e. The van der Waals surface area contributed by atoms with Gasteiger partial charge in [-0.05, 0) is 68.3 Å². The third-order valence-corrected chi connectivity index (χ3v) is 5.87. The number of aryl methyl sites for hydroxylation is 2. The Morgan fingerprint density at radius 2 is 1.74 bits per heavy atom. The van der Waals surface area contributed by atoms with Gasteiger partial charge in [0, 0.05) is 11.3 Å². The van der Waals surface area contributed by atoms with E-state index in [2.05, 4.69) is 0 Å². The lowest BCUT2D eigenvalue weighted by molar-refractivity contribution is -0.132. The zero-order valence-electron chi connectivity index (χ0n) is 19.5. The van der Waals surface area contributed by atoms with Crippen LogP contribution in [0.3, 0.4) is 0 Å². The lowest BCUT2D eigenvalue weighted by atomic mass is 9.94. The number of Topliss-reactive ketones (excluding diaryl/α,β-unsaturated/α-hetero) is 1. The number of esters is 1. The highest BCUT2D eigenvalue weighted by Gasteiger charge is 2.47. The van der Waals surface area contributed by atoms with Gasteiger partial charge in [0.2, 0.25) is 0 Å². The summed E-state index contributed by atoms with van der Waals surface area (Å²) in [6.45, 7) is 5.30. The van der Waals surface area contributed by atoms with Gasteiger partial charge >= 0.3 is 5.97 Å². The van der Waals surface area contributed by atoms with Crippen molar-refractivity contribution in [1.82, 2.24) is 0 Å². The Balaban J connectivity index is 1.93. The summed E-state index contributed by atoms with van der Waals surface area (Å²) in [6, 6.07) is 16.5. The van der Waals surface area contributed by atoms with Crippen molar-refractivity contribution < 1.29 is 28.6 Å². The van der Waals surface area contributed by atoms with E-state index in [1.165, 1.54) is 29.2 Å². The molecule has 7 heteroatoms. The molecule has 1 fully saturated rings. The molecule has 1 aliphatic rings. The van der Waals surface area contributed by atoms with Crippen LogP contribution in [-0.4, -0.2) is 29.4 Å². The van der Waals surface area contributed by atoms with E-state index in [0.29, 0.717) is 11.3 Å². The number of ketones is 1. The molecule has 1 saturated heterocycles. The molecule has 1 heterocycles. The maximum absolute atomic E-state index is 13.8. The van der Waals surface area contributed by atoms with E-state index < -0.39 is 35.3 Å². The maximum atomic E-state index is 13.8. The van der Waals surface area contributed by atoms with E-state index in [1.807, 2.05) is 19.1 Å². The topological polar surface area (TPSA) is 83.9 Å². The van der Waals surface area contributed by atoms with Crippen molar-refractivity contribution in [2.45, 2.75) is 26.8 Å². The van der Waals surface area contributed by atoms with Crippen molar-refractivity contribution in [3.63, 3.8) is 0 Å². The van der Waals surface area contributed by atoms with Gasteiger partial charge in [-0.1, -0.05) is 35.9 Å². The van der Waals surface area contributed by atoms with Gasteiger partial charge in [0.05, 0.1) is 23.8 Å². The summed E-state index contributed by atoms with van der Waals surface area (Å²) < 4.78 is 18.9. The summed E-state index contributed by atoms with van der Waals surface area (Å²) in [7, 11) is 0.